The minimum Gasteiger partial charge on any atom is -0.399 e. The molecule has 0 saturated carbocycles. The molecule has 0 radical (unpaired) electrons. The van der Waals surface area contributed by atoms with E-state index in [9.17, 15) is 8.42 Å². The summed E-state index contributed by atoms with van der Waals surface area (Å²) >= 11 is 0. The van der Waals surface area contributed by atoms with Gasteiger partial charge in [-0.2, -0.15) is 0 Å². The summed E-state index contributed by atoms with van der Waals surface area (Å²) in [6.45, 7) is 2.59. The average Bonchev–Trinajstić information content (AvgIpc) is 2.37. The van der Waals surface area contributed by atoms with E-state index in [1.54, 1.807) is 12.1 Å². The highest BCUT2D eigenvalue weighted by molar-refractivity contribution is 7.89. The van der Waals surface area contributed by atoms with Crippen LogP contribution in [0.15, 0.2) is 47.4 Å². The Kier molecular flexibility index (Phi) is 4.20. The number of primary sulfonamides is 1. The van der Waals surface area contributed by atoms with Crippen LogP contribution in [0.3, 0.4) is 0 Å². The topological polar surface area (TPSA) is 89.4 Å². The van der Waals surface area contributed by atoms with Crippen molar-refractivity contribution in [3.8, 4) is 0 Å². The second-order valence-electron chi connectivity index (χ2n) is 5.12. The lowest BCUT2D eigenvalue weighted by Crippen LogP contribution is -2.22. The van der Waals surface area contributed by atoms with Gasteiger partial charge in [-0.3, -0.25) is 0 Å². The quantitative estimate of drug-likeness (QED) is 0.844. The van der Waals surface area contributed by atoms with E-state index in [1.807, 2.05) is 37.1 Å². The van der Waals surface area contributed by atoms with Crippen molar-refractivity contribution in [2.24, 2.45) is 5.14 Å². The van der Waals surface area contributed by atoms with Crippen LogP contribution in [0.25, 0.3) is 0 Å². The molecule has 6 heteroatoms. The van der Waals surface area contributed by atoms with Gasteiger partial charge in [0.15, 0.2) is 0 Å². The number of hydrogen-bond donors (Lipinski definition) is 2. The van der Waals surface area contributed by atoms with Gasteiger partial charge in [-0.25, -0.2) is 13.6 Å². The van der Waals surface area contributed by atoms with Gasteiger partial charge in [0.25, 0.3) is 0 Å². The fourth-order valence-electron chi connectivity index (χ4n) is 2.24. The Morgan fingerprint density at radius 1 is 1.14 bits per heavy atom. The highest BCUT2D eigenvalue weighted by Gasteiger charge is 2.17. The Morgan fingerprint density at radius 3 is 2.48 bits per heavy atom. The van der Waals surface area contributed by atoms with E-state index in [-0.39, 0.29) is 4.90 Å². The first-order valence-corrected chi connectivity index (χ1v) is 8.01. The minimum atomic E-state index is -3.82. The molecule has 2 aromatic rings. The van der Waals surface area contributed by atoms with Gasteiger partial charge in [0, 0.05) is 19.3 Å². The van der Waals surface area contributed by atoms with Gasteiger partial charge in [0.05, 0.1) is 5.69 Å². The average molecular weight is 305 g/mol. The molecule has 2 rings (SSSR count). The first-order valence-electron chi connectivity index (χ1n) is 6.46. The van der Waals surface area contributed by atoms with Crippen molar-refractivity contribution in [1.29, 1.82) is 0 Å². The van der Waals surface area contributed by atoms with E-state index in [0.717, 1.165) is 11.1 Å². The van der Waals surface area contributed by atoms with E-state index < -0.39 is 10.0 Å². The number of nitrogen functional groups attached to an aromatic ring is 1. The van der Waals surface area contributed by atoms with E-state index in [1.165, 1.54) is 6.07 Å². The van der Waals surface area contributed by atoms with Crippen LogP contribution in [0, 0.1) is 6.92 Å². The van der Waals surface area contributed by atoms with Gasteiger partial charge in [0.2, 0.25) is 10.0 Å². The van der Waals surface area contributed by atoms with Crippen LogP contribution in [-0.2, 0) is 16.6 Å². The molecule has 0 aliphatic carbocycles. The van der Waals surface area contributed by atoms with Crippen molar-refractivity contribution in [2.45, 2.75) is 18.4 Å². The molecule has 0 heterocycles. The van der Waals surface area contributed by atoms with Crippen molar-refractivity contribution in [3.05, 3.63) is 53.6 Å². The minimum absolute atomic E-state index is 0.0395. The molecule has 0 fully saturated rings. The van der Waals surface area contributed by atoms with Crippen molar-refractivity contribution in [3.63, 3.8) is 0 Å². The maximum atomic E-state index is 11.7. The fourth-order valence-corrected chi connectivity index (χ4v) is 3.06. The molecule has 112 valence electrons. The van der Waals surface area contributed by atoms with Crippen LogP contribution in [0.1, 0.15) is 11.1 Å². The van der Waals surface area contributed by atoms with E-state index >= 15 is 0 Å². The number of benzene rings is 2. The van der Waals surface area contributed by atoms with Gasteiger partial charge >= 0.3 is 0 Å². The van der Waals surface area contributed by atoms with E-state index in [4.69, 9.17) is 10.9 Å². The molecule has 0 aliphatic heterocycles. The van der Waals surface area contributed by atoms with Gasteiger partial charge in [-0.05, 0) is 30.7 Å². The Morgan fingerprint density at radius 2 is 1.86 bits per heavy atom. The number of aryl methyl sites for hydroxylation is 1. The maximum absolute atomic E-state index is 11.7. The molecule has 5 nitrogen and oxygen atoms in total. The van der Waals surface area contributed by atoms with Gasteiger partial charge in [0.1, 0.15) is 4.90 Å². The summed E-state index contributed by atoms with van der Waals surface area (Å²) in [4.78, 5) is 1.88. The van der Waals surface area contributed by atoms with Crippen molar-refractivity contribution in [1.82, 2.24) is 0 Å². The van der Waals surface area contributed by atoms with Crippen molar-refractivity contribution >= 4 is 21.4 Å². The first-order chi connectivity index (χ1) is 9.77. The monoisotopic (exact) mass is 305 g/mol. The molecule has 21 heavy (non-hydrogen) atoms. The third-order valence-corrected chi connectivity index (χ3v) is 4.14. The van der Waals surface area contributed by atoms with Crippen LogP contribution in [0.2, 0.25) is 0 Å². The zero-order valence-corrected chi connectivity index (χ0v) is 12.9. The molecule has 0 saturated heterocycles. The molecular weight excluding hydrogens is 286 g/mol. The Balaban J connectivity index is 2.38. The second kappa shape index (κ2) is 5.75. The summed E-state index contributed by atoms with van der Waals surface area (Å²) in [5.41, 5.74) is 8.81. The molecule has 0 atom stereocenters. The number of nitrogens with two attached hydrogens (primary N) is 2. The van der Waals surface area contributed by atoms with E-state index in [2.05, 4.69) is 6.07 Å². The Hall–Kier alpha value is -2.05. The number of sulfonamides is 1. The number of anilines is 2. The van der Waals surface area contributed by atoms with Crippen LogP contribution in [0.4, 0.5) is 11.4 Å². The van der Waals surface area contributed by atoms with Crippen molar-refractivity contribution in [2.75, 3.05) is 17.7 Å². The van der Waals surface area contributed by atoms with Gasteiger partial charge in [-0.1, -0.05) is 29.8 Å². The summed E-state index contributed by atoms with van der Waals surface area (Å²) in [6, 6.07) is 12.8. The normalized spacial score (nSPS) is 11.4. The number of rotatable bonds is 4. The molecule has 0 bridgehead atoms. The third kappa shape index (κ3) is 3.74. The smallest absolute Gasteiger partial charge is 0.240 e. The van der Waals surface area contributed by atoms with Crippen LogP contribution in [-0.4, -0.2) is 15.5 Å². The first kappa shape index (κ1) is 15.3. The molecular formula is C15H19N3O2S. The largest absolute Gasteiger partial charge is 0.399 e. The van der Waals surface area contributed by atoms with Crippen LogP contribution >= 0.6 is 0 Å². The molecule has 2 aromatic carbocycles. The zero-order valence-electron chi connectivity index (χ0n) is 12.1. The van der Waals surface area contributed by atoms with Crippen LogP contribution in [0.5, 0.6) is 0 Å². The fraction of sp³-hybridized carbons (Fsp3) is 0.200. The Bertz CT molecular complexity index is 757. The van der Waals surface area contributed by atoms with E-state index in [0.29, 0.717) is 17.9 Å². The lowest BCUT2D eigenvalue weighted by Gasteiger charge is -2.22. The van der Waals surface area contributed by atoms with Gasteiger partial charge < -0.3 is 10.6 Å². The lowest BCUT2D eigenvalue weighted by molar-refractivity contribution is 0.597. The number of nitrogens with zero attached hydrogens (tertiary/aromatic N) is 1. The van der Waals surface area contributed by atoms with Gasteiger partial charge in [-0.15, -0.1) is 0 Å². The predicted molar refractivity (Wildman–Crippen MR) is 85.5 cm³/mol. The zero-order chi connectivity index (χ0) is 15.6. The van der Waals surface area contributed by atoms with Crippen molar-refractivity contribution < 1.29 is 8.42 Å². The highest BCUT2D eigenvalue weighted by atomic mass is 32.2. The summed E-state index contributed by atoms with van der Waals surface area (Å²) < 4.78 is 23.4. The summed E-state index contributed by atoms with van der Waals surface area (Å²) in [7, 11) is -2.00. The molecule has 0 aromatic heterocycles. The molecule has 0 spiro atoms. The summed E-state index contributed by atoms with van der Waals surface area (Å²) in [6.07, 6.45) is 0. The molecule has 0 unspecified atom stereocenters. The highest BCUT2D eigenvalue weighted by Crippen LogP contribution is 2.27. The molecule has 4 N–H and O–H groups in total. The standard InChI is InChI=1S/C15H19N3O2S/c1-11-4-3-5-12(8-11)10-18(2)14-7-6-13(16)9-15(14)21(17,19)20/h3-9H,10,16H2,1-2H3,(H2,17,19,20). The molecule has 0 amide bonds. The number of hydrogen-bond acceptors (Lipinski definition) is 4. The predicted octanol–water partition coefficient (Wildman–Crippen LogP) is 1.86. The summed E-state index contributed by atoms with van der Waals surface area (Å²) in [5.74, 6) is 0. The molecule has 0 aliphatic rings. The third-order valence-electron chi connectivity index (χ3n) is 3.20. The SMILES string of the molecule is Cc1cccc(CN(C)c2ccc(N)cc2S(N)(=O)=O)c1. The maximum Gasteiger partial charge on any atom is 0.240 e. The summed E-state index contributed by atoms with van der Waals surface area (Å²) in [5, 5.41) is 5.27. The Labute approximate surface area is 125 Å². The van der Waals surface area contributed by atoms with Crippen LogP contribution < -0.4 is 15.8 Å². The second-order valence-corrected chi connectivity index (χ2v) is 6.65. The lowest BCUT2D eigenvalue weighted by atomic mass is 10.1.